The van der Waals surface area contributed by atoms with Crippen LogP contribution in [0.25, 0.3) is 0 Å². The van der Waals surface area contributed by atoms with Gasteiger partial charge in [-0.05, 0) is 27.1 Å². The highest BCUT2D eigenvalue weighted by Gasteiger charge is 2.21. The van der Waals surface area contributed by atoms with Gasteiger partial charge in [0.2, 0.25) is 5.78 Å². The van der Waals surface area contributed by atoms with E-state index >= 15 is 0 Å². The fraction of sp³-hybridized carbons (Fsp3) is 0.375. The zero-order valence-corrected chi connectivity index (χ0v) is 13.0. The molecule has 0 aliphatic rings. The van der Waals surface area contributed by atoms with Gasteiger partial charge in [0.15, 0.2) is 11.4 Å². The summed E-state index contributed by atoms with van der Waals surface area (Å²) in [4.78, 5) is 14.8. The van der Waals surface area contributed by atoms with E-state index in [1.54, 1.807) is 18.0 Å². The molecule has 0 aliphatic carbocycles. The number of carbonyl (C=O) groups excluding carboxylic acids is 1. The van der Waals surface area contributed by atoms with Crippen molar-refractivity contribution in [1.82, 2.24) is 14.7 Å². The van der Waals surface area contributed by atoms with E-state index in [-0.39, 0.29) is 5.78 Å². The van der Waals surface area contributed by atoms with Crippen molar-refractivity contribution in [3.63, 3.8) is 0 Å². The number of likely N-dealkylation sites (N-methyl/N-ethyl adjacent to an activating group) is 1. The molecule has 0 saturated heterocycles. The fourth-order valence-electron chi connectivity index (χ4n) is 2.13. The topological polar surface area (TPSA) is 47.4 Å². The van der Waals surface area contributed by atoms with E-state index in [1.807, 2.05) is 45.3 Å². The highest BCUT2D eigenvalue weighted by atomic mass is 16.5. The molecule has 0 unspecified atom stereocenters. The molecule has 2 aromatic rings. The largest absolute Gasteiger partial charge is 0.493 e. The van der Waals surface area contributed by atoms with Crippen molar-refractivity contribution in [2.75, 3.05) is 27.7 Å². The van der Waals surface area contributed by atoms with Gasteiger partial charge < -0.3 is 9.64 Å². The molecular formula is C16H21N3O2. The van der Waals surface area contributed by atoms with E-state index in [4.69, 9.17) is 4.74 Å². The number of aryl methyl sites for hydroxylation is 1. The second-order valence-corrected chi connectivity index (χ2v) is 5.29. The molecule has 0 N–H and O–H groups in total. The zero-order chi connectivity index (χ0) is 15.4. The maximum atomic E-state index is 12.8. The Balaban J connectivity index is 2.36. The van der Waals surface area contributed by atoms with Gasteiger partial charge in [0.25, 0.3) is 0 Å². The van der Waals surface area contributed by atoms with E-state index in [2.05, 4.69) is 10.00 Å². The van der Waals surface area contributed by atoms with Crippen LogP contribution in [0.5, 0.6) is 5.75 Å². The number of benzene rings is 1. The minimum atomic E-state index is -0.0631. The Morgan fingerprint density at radius 1 is 1.38 bits per heavy atom. The molecule has 0 aliphatic heterocycles. The lowest BCUT2D eigenvalue weighted by atomic mass is 10.1. The van der Waals surface area contributed by atoms with E-state index in [9.17, 15) is 4.79 Å². The van der Waals surface area contributed by atoms with Crippen molar-refractivity contribution in [2.24, 2.45) is 0 Å². The number of rotatable bonds is 6. The lowest BCUT2D eigenvalue weighted by molar-refractivity contribution is 0.102. The van der Waals surface area contributed by atoms with Crippen LogP contribution in [-0.2, 0) is 6.54 Å². The van der Waals surface area contributed by atoms with Crippen LogP contribution in [0.1, 0.15) is 21.6 Å². The molecular weight excluding hydrogens is 266 g/mol. The van der Waals surface area contributed by atoms with E-state index in [0.717, 1.165) is 12.1 Å². The maximum Gasteiger partial charge on any atom is 0.214 e. The third kappa shape index (κ3) is 3.49. The van der Waals surface area contributed by atoms with Gasteiger partial charge >= 0.3 is 0 Å². The fourth-order valence-corrected chi connectivity index (χ4v) is 2.13. The van der Waals surface area contributed by atoms with Gasteiger partial charge in [-0.25, -0.2) is 0 Å². The molecule has 21 heavy (non-hydrogen) atoms. The normalized spacial score (nSPS) is 10.9. The molecule has 5 nitrogen and oxygen atoms in total. The highest BCUT2D eigenvalue weighted by molar-refractivity contribution is 6.09. The zero-order valence-electron chi connectivity index (χ0n) is 13.0. The van der Waals surface area contributed by atoms with Gasteiger partial charge in [0.1, 0.15) is 0 Å². The minimum Gasteiger partial charge on any atom is -0.493 e. The van der Waals surface area contributed by atoms with Crippen molar-refractivity contribution < 1.29 is 9.53 Å². The van der Waals surface area contributed by atoms with Crippen molar-refractivity contribution in [3.8, 4) is 5.75 Å². The van der Waals surface area contributed by atoms with Gasteiger partial charge in [0, 0.05) is 12.1 Å². The van der Waals surface area contributed by atoms with Gasteiger partial charge in [-0.3, -0.25) is 9.48 Å². The number of nitrogens with zero attached hydrogens (tertiary/aromatic N) is 3. The SMILES string of the molecule is COc1cnn(CCN(C)C)c1C(=O)c1cccc(C)c1. The third-order valence-electron chi connectivity index (χ3n) is 3.28. The second-order valence-electron chi connectivity index (χ2n) is 5.29. The van der Waals surface area contributed by atoms with E-state index < -0.39 is 0 Å². The first-order valence-corrected chi connectivity index (χ1v) is 6.89. The summed E-state index contributed by atoms with van der Waals surface area (Å²) in [5.74, 6) is 0.451. The number of hydrogen-bond donors (Lipinski definition) is 0. The summed E-state index contributed by atoms with van der Waals surface area (Å²) in [6.45, 7) is 3.42. The van der Waals surface area contributed by atoms with Crippen LogP contribution in [0.15, 0.2) is 30.5 Å². The first-order chi connectivity index (χ1) is 10.0. The summed E-state index contributed by atoms with van der Waals surface area (Å²) in [5, 5.41) is 4.27. The summed E-state index contributed by atoms with van der Waals surface area (Å²) in [6.07, 6.45) is 1.60. The van der Waals surface area contributed by atoms with Crippen molar-refractivity contribution in [3.05, 3.63) is 47.3 Å². The average Bonchev–Trinajstić information content (AvgIpc) is 2.87. The molecule has 0 saturated carbocycles. The molecule has 0 radical (unpaired) electrons. The molecule has 0 atom stereocenters. The van der Waals surface area contributed by atoms with Crippen LogP contribution in [-0.4, -0.2) is 48.2 Å². The summed E-state index contributed by atoms with van der Waals surface area (Å²) >= 11 is 0. The summed E-state index contributed by atoms with van der Waals surface area (Å²) < 4.78 is 7.00. The Morgan fingerprint density at radius 3 is 2.76 bits per heavy atom. The summed E-state index contributed by atoms with van der Waals surface area (Å²) in [7, 11) is 5.53. The molecule has 0 spiro atoms. The van der Waals surface area contributed by atoms with Crippen LogP contribution >= 0.6 is 0 Å². The van der Waals surface area contributed by atoms with Crippen LogP contribution in [0, 0.1) is 6.92 Å². The first-order valence-electron chi connectivity index (χ1n) is 6.89. The van der Waals surface area contributed by atoms with E-state index in [0.29, 0.717) is 23.6 Å². The number of ether oxygens (including phenoxy) is 1. The minimum absolute atomic E-state index is 0.0631. The van der Waals surface area contributed by atoms with Crippen molar-refractivity contribution >= 4 is 5.78 Å². The third-order valence-corrected chi connectivity index (χ3v) is 3.28. The number of hydrogen-bond acceptors (Lipinski definition) is 4. The van der Waals surface area contributed by atoms with Crippen LogP contribution < -0.4 is 4.74 Å². The van der Waals surface area contributed by atoms with Crippen molar-refractivity contribution in [2.45, 2.75) is 13.5 Å². The van der Waals surface area contributed by atoms with Crippen LogP contribution in [0.4, 0.5) is 0 Å². The Morgan fingerprint density at radius 2 is 2.14 bits per heavy atom. The molecule has 2 rings (SSSR count). The summed E-state index contributed by atoms with van der Waals surface area (Å²) in [6, 6.07) is 7.55. The molecule has 112 valence electrons. The lowest BCUT2D eigenvalue weighted by Crippen LogP contribution is -2.22. The molecule has 0 amide bonds. The molecule has 0 fully saturated rings. The number of carbonyl (C=O) groups is 1. The Kier molecular flexibility index (Phi) is 4.75. The van der Waals surface area contributed by atoms with Crippen molar-refractivity contribution in [1.29, 1.82) is 0 Å². The second kappa shape index (κ2) is 6.54. The van der Waals surface area contributed by atoms with Gasteiger partial charge in [-0.2, -0.15) is 5.10 Å². The standard InChI is InChI=1S/C16H21N3O2/c1-12-6-5-7-13(10-12)16(20)15-14(21-4)11-17-19(15)9-8-18(2)3/h5-7,10-11H,8-9H2,1-4H3. The quantitative estimate of drug-likeness (QED) is 0.762. The number of ketones is 1. The van der Waals surface area contributed by atoms with E-state index in [1.165, 1.54) is 0 Å². The monoisotopic (exact) mass is 287 g/mol. The van der Waals surface area contributed by atoms with Crippen LogP contribution in [0.2, 0.25) is 0 Å². The predicted molar refractivity (Wildman–Crippen MR) is 81.9 cm³/mol. The number of methoxy groups -OCH3 is 1. The molecule has 5 heteroatoms. The molecule has 1 aromatic carbocycles. The Hall–Kier alpha value is -2.14. The van der Waals surface area contributed by atoms with Gasteiger partial charge in [0.05, 0.1) is 19.9 Å². The Labute approximate surface area is 125 Å². The average molecular weight is 287 g/mol. The highest BCUT2D eigenvalue weighted by Crippen LogP contribution is 2.21. The molecule has 0 bridgehead atoms. The smallest absolute Gasteiger partial charge is 0.214 e. The van der Waals surface area contributed by atoms with Gasteiger partial charge in [-0.15, -0.1) is 0 Å². The summed E-state index contributed by atoms with van der Waals surface area (Å²) in [5.41, 5.74) is 2.21. The predicted octanol–water partition coefficient (Wildman–Crippen LogP) is 1.99. The lowest BCUT2D eigenvalue weighted by Gasteiger charge is -2.12. The Bertz CT molecular complexity index is 632. The van der Waals surface area contributed by atoms with Crippen LogP contribution in [0.3, 0.4) is 0 Å². The molecule has 1 heterocycles. The molecule has 1 aromatic heterocycles. The van der Waals surface area contributed by atoms with Gasteiger partial charge in [-0.1, -0.05) is 23.8 Å². The number of aromatic nitrogens is 2. The first kappa shape index (κ1) is 15.3. The maximum absolute atomic E-state index is 12.8.